The van der Waals surface area contributed by atoms with Crippen LogP contribution in [0.15, 0.2) is 12.3 Å². The molecule has 2 nitrogen and oxygen atoms in total. The van der Waals surface area contributed by atoms with Crippen LogP contribution in [0.3, 0.4) is 0 Å². The van der Waals surface area contributed by atoms with Gasteiger partial charge in [0, 0.05) is 17.8 Å². The van der Waals surface area contributed by atoms with E-state index in [0.717, 1.165) is 0 Å². The first kappa shape index (κ1) is 12.0. The summed E-state index contributed by atoms with van der Waals surface area (Å²) < 4.78 is 38.2. The van der Waals surface area contributed by atoms with Crippen LogP contribution in [0.5, 0.6) is 0 Å². The van der Waals surface area contributed by atoms with E-state index in [2.05, 4.69) is 10.3 Å². The molecule has 0 amide bonds. The molecule has 84 valence electrons. The summed E-state index contributed by atoms with van der Waals surface area (Å²) in [7, 11) is 0. The Morgan fingerprint density at radius 3 is 2.67 bits per heavy atom. The molecule has 0 unspecified atom stereocenters. The van der Waals surface area contributed by atoms with Crippen molar-refractivity contribution in [3.05, 3.63) is 29.3 Å². The Labute approximate surface area is 86.5 Å². The van der Waals surface area contributed by atoms with Crippen molar-refractivity contribution in [3.8, 4) is 0 Å². The molecule has 0 aromatic carbocycles. The van der Waals surface area contributed by atoms with Crippen LogP contribution < -0.4 is 5.32 Å². The number of alkyl halides is 2. The Kier molecular flexibility index (Phi) is 4.08. The zero-order chi connectivity index (χ0) is 11.4. The maximum absolute atomic E-state index is 13.5. The van der Waals surface area contributed by atoms with Gasteiger partial charge in [-0.05, 0) is 19.5 Å². The average Bonchev–Trinajstić information content (AvgIpc) is 2.17. The molecule has 1 heterocycles. The average molecular weight is 218 g/mol. The van der Waals surface area contributed by atoms with Gasteiger partial charge in [0.05, 0.1) is 0 Å². The van der Waals surface area contributed by atoms with Gasteiger partial charge < -0.3 is 5.32 Å². The summed E-state index contributed by atoms with van der Waals surface area (Å²) >= 11 is 0. The van der Waals surface area contributed by atoms with E-state index >= 15 is 0 Å². The second kappa shape index (κ2) is 5.11. The SMILES string of the molecule is CCN[C@H](C)c1ccnc(C(F)F)c1F. The van der Waals surface area contributed by atoms with Gasteiger partial charge in [-0.1, -0.05) is 6.92 Å². The molecule has 15 heavy (non-hydrogen) atoms. The second-order valence-corrected chi connectivity index (χ2v) is 3.18. The zero-order valence-corrected chi connectivity index (χ0v) is 8.60. The maximum Gasteiger partial charge on any atom is 0.283 e. The van der Waals surface area contributed by atoms with E-state index in [9.17, 15) is 13.2 Å². The van der Waals surface area contributed by atoms with Crippen LogP contribution >= 0.6 is 0 Å². The van der Waals surface area contributed by atoms with Crippen LogP contribution in [0.1, 0.15) is 37.6 Å². The van der Waals surface area contributed by atoms with E-state index in [1.807, 2.05) is 6.92 Å². The first-order valence-electron chi connectivity index (χ1n) is 4.73. The molecule has 0 aliphatic heterocycles. The van der Waals surface area contributed by atoms with Gasteiger partial charge in [0.15, 0.2) is 5.82 Å². The second-order valence-electron chi connectivity index (χ2n) is 3.18. The minimum absolute atomic E-state index is 0.224. The largest absolute Gasteiger partial charge is 0.310 e. The van der Waals surface area contributed by atoms with E-state index in [4.69, 9.17) is 0 Å². The van der Waals surface area contributed by atoms with Crippen molar-refractivity contribution in [1.29, 1.82) is 0 Å². The van der Waals surface area contributed by atoms with Crippen molar-refractivity contribution >= 4 is 0 Å². The van der Waals surface area contributed by atoms with E-state index in [1.54, 1.807) is 6.92 Å². The predicted molar refractivity (Wildman–Crippen MR) is 51.2 cm³/mol. The lowest BCUT2D eigenvalue weighted by Gasteiger charge is -2.14. The summed E-state index contributed by atoms with van der Waals surface area (Å²) in [5.41, 5.74) is -0.556. The minimum Gasteiger partial charge on any atom is -0.310 e. The Hall–Kier alpha value is -1.10. The summed E-state index contributed by atoms with van der Waals surface area (Å²) in [6, 6.07) is 1.12. The third-order valence-electron chi connectivity index (χ3n) is 2.13. The highest BCUT2D eigenvalue weighted by Gasteiger charge is 2.20. The van der Waals surface area contributed by atoms with Crippen LogP contribution in [-0.2, 0) is 0 Å². The molecular formula is C10H13F3N2. The number of halogens is 3. The van der Waals surface area contributed by atoms with E-state index in [0.29, 0.717) is 6.54 Å². The molecule has 0 radical (unpaired) electrons. The molecular weight excluding hydrogens is 205 g/mol. The minimum atomic E-state index is -2.88. The third-order valence-corrected chi connectivity index (χ3v) is 2.13. The van der Waals surface area contributed by atoms with Gasteiger partial charge in [0.1, 0.15) is 5.69 Å². The zero-order valence-electron chi connectivity index (χ0n) is 8.60. The number of rotatable bonds is 4. The van der Waals surface area contributed by atoms with Crippen molar-refractivity contribution in [3.63, 3.8) is 0 Å². The molecule has 0 bridgehead atoms. The fourth-order valence-corrected chi connectivity index (χ4v) is 1.38. The number of nitrogens with one attached hydrogen (secondary N) is 1. The number of pyridine rings is 1. The van der Waals surface area contributed by atoms with Gasteiger partial charge in [-0.3, -0.25) is 4.98 Å². The standard InChI is InChI=1S/C10H13F3N2/c1-3-14-6(2)7-4-5-15-9(8(7)11)10(12)13/h4-6,10,14H,3H2,1-2H3/t6-/m1/s1. The molecule has 0 saturated heterocycles. The molecule has 0 spiro atoms. The van der Waals surface area contributed by atoms with Crippen LogP contribution in [0.4, 0.5) is 13.2 Å². The summed E-state index contributed by atoms with van der Waals surface area (Å²) in [6.45, 7) is 4.23. The van der Waals surface area contributed by atoms with Crippen LogP contribution in [-0.4, -0.2) is 11.5 Å². The molecule has 0 fully saturated rings. The summed E-state index contributed by atoms with van der Waals surface area (Å²) in [6.07, 6.45) is -1.67. The molecule has 0 saturated carbocycles. The normalized spacial score (nSPS) is 13.2. The highest BCUT2D eigenvalue weighted by atomic mass is 19.3. The number of aromatic nitrogens is 1. The lowest BCUT2D eigenvalue weighted by Crippen LogP contribution is -2.19. The summed E-state index contributed by atoms with van der Waals surface area (Å²) in [5.74, 6) is -0.916. The molecule has 0 aliphatic carbocycles. The Morgan fingerprint density at radius 1 is 1.47 bits per heavy atom. The highest BCUT2D eigenvalue weighted by Crippen LogP contribution is 2.24. The first-order chi connectivity index (χ1) is 7.07. The summed E-state index contributed by atoms with van der Waals surface area (Å²) in [5, 5.41) is 2.96. The van der Waals surface area contributed by atoms with Crippen molar-refractivity contribution in [2.45, 2.75) is 26.3 Å². The number of nitrogens with zero attached hydrogens (tertiary/aromatic N) is 1. The lowest BCUT2D eigenvalue weighted by molar-refractivity contribution is 0.140. The van der Waals surface area contributed by atoms with Gasteiger partial charge in [0.2, 0.25) is 0 Å². The quantitative estimate of drug-likeness (QED) is 0.840. The Balaban J connectivity index is 3.03. The molecule has 1 aromatic heterocycles. The van der Waals surface area contributed by atoms with E-state index < -0.39 is 17.9 Å². The maximum atomic E-state index is 13.5. The number of hydrogen-bond acceptors (Lipinski definition) is 2. The smallest absolute Gasteiger partial charge is 0.283 e. The van der Waals surface area contributed by atoms with Crippen molar-refractivity contribution in [1.82, 2.24) is 10.3 Å². The molecule has 1 rings (SSSR count). The van der Waals surface area contributed by atoms with Gasteiger partial charge >= 0.3 is 0 Å². The molecule has 1 N–H and O–H groups in total. The highest BCUT2D eigenvalue weighted by molar-refractivity contribution is 5.23. The Bertz CT molecular complexity index is 328. The van der Waals surface area contributed by atoms with Crippen molar-refractivity contribution < 1.29 is 13.2 Å². The van der Waals surface area contributed by atoms with Crippen LogP contribution in [0, 0.1) is 5.82 Å². The van der Waals surface area contributed by atoms with E-state index in [1.165, 1.54) is 12.3 Å². The van der Waals surface area contributed by atoms with Gasteiger partial charge in [0.25, 0.3) is 6.43 Å². The van der Waals surface area contributed by atoms with Crippen LogP contribution in [0.2, 0.25) is 0 Å². The lowest BCUT2D eigenvalue weighted by atomic mass is 10.1. The fraction of sp³-hybridized carbons (Fsp3) is 0.500. The molecule has 0 aliphatic rings. The fourth-order valence-electron chi connectivity index (χ4n) is 1.38. The summed E-state index contributed by atoms with van der Waals surface area (Å²) in [4.78, 5) is 3.33. The third kappa shape index (κ3) is 2.68. The topological polar surface area (TPSA) is 24.9 Å². The predicted octanol–water partition coefficient (Wildman–Crippen LogP) is 2.83. The number of hydrogen-bond donors (Lipinski definition) is 1. The van der Waals surface area contributed by atoms with Gasteiger partial charge in [-0.25, -0.2) is 13.2 Å². The Morgan fingerprint density at radius 2 is 2.13 bits per heavy atom. The molecule has 5 heteroatoms. The van der Waals surface area contributed by atoms with Crippen LogP contribution in [0.25, 0.3) is 0 Å². The van der Waals surface area contributed by atoms with Gasteiger partial charge in [-0.2, -0.15) is 0 Å². The molecule has 1 atom stereocenters. The monoisotopic (exact) mass is 218 g/mol. The molecule has 1 aromatic rings. The van der Waals surface area contributed by atoms with E-state index in [-0.39, 0.29) is 11.6 Å². The van der Waals surface area contributed by atoms with Gasteiger partial charge in [-0.15, -0.1) is 0 Å². The van der Waals surface area contributed by atoms with Crippen molar-refractivity contribution in [2.24, 2.45) is 0 Å². The van der Waals surface area contributed by atoms with Crippen molar-refractivity contribution in [2.75, 3.05) is 6.54 Å². The first-order valence-corrected chi connectivity index (χ1v) is 4.73.